The van der Waals surface area contributed by atoms with E-state index in [1.165, 1.54) is 45.1 Å². The van der Waals surface area contributed by atoms with E-state index in [4.69, 9.17) is 14.5 Å². The second kappa shape index (κ2) is 10.1. The van der Waals surface area contributed by atoms with Gasteiger partial charge in [0.25, 0.3) is 0 Å². The smallest absolute Gasteiger partial charge is 0.193 e. The van der Waals surface area contributed by atoms with Gasteiger partial charge < -0.3 is 19.7 Å². The molecule has 0 bridgehead atoms. The number of ether oxygens (including phenoxy) is 2. The van der Waals surface area contributed by atoms with Crippen LogP contribution in [0.1, 0.15) is 51.9 Å². The Labute approximate surface area is 141 Å². The van der Waals surface area contributed by atoms with Gasteiger partial charge in [-0.1, -0.05) is 19.3 Å². The summed E-state index contributed by atoms with van der Waals surface area (Å²) >= 11 is 0. The van der Waals surface area contributed by atoms with Crippen molar-refractivity contribution in [3.8, 4) is 0 Å². The Morgan fingerprint density at radius 3 is 2.70 bits per heavy atom. The predicted octanol–water partition coefficient (Wildman–Crippen LogP) is 2.66. The summed E-state index contributed by atoms with van der Waals surface area (Å²) in [4.78, 5) is 7.30. The largest absolute Gasteiger partial charge is 0.382 e. The first kappa shape index (κ1) is 18.5. The molecule has 2 fully saturated rings. The average molecular weight is 325 g/mol. The molecule has 1 spiro atoms. The van der Waals surface area contributed by atoms with E-state index in [0.717, 1.165) is 38.6 Å². The van der Waals surface area contributed by atoms with Crippen LogP contribution in [0.25, 0.3) is 0 Å². The van der Waals surface area contributed by atoms with Gasteiger partial charge in [0.15, 0.2) is 5.96 Å². The maximum atomic E-state index is 5.50. The van der Waals surface area contributed by atoms with Crippen LogP contribution in [-0.2, 0) is 9.47 Å². The van der Waals surface area contributed by atoms with E-state index in [0.29, 0.717) is 18.6 Å². The first-order valence-electron chi connectivity index (χ1n) is 9.40. The Kier molecular flexibility index (Phi) is 8.17. The molecule has 0 atom stereocenters. The Bertz CT molecular complexity index is 354. The van der Waals surface area contributed by atoms with Gasteiger partial charge in [0.05, 0.1) is 13.2 Å². The highest BCUT2D eigenvalue weighted by Gasteiger charge is 2.39. The molecule has 134 valence electrons. The number of methoxy groups -OCH3 is 1. The molecule has 5 heteroatoms. The topological polar surface area (TPSA) is 46.1 Å². The second-order valence-corrected chi connectivity index (χ2v) is 6.93. The van der Waals surface area contributed by atoms with Gasteiger partial charge in [-0.05, 0) is 38.0 Å². The van der Waals surface area contributed by atoms with Gasteiger partial charge in [0.1, 0.15) is 0 Å². The molecule has 0 aromatic rings. The molecular formula is C18H35N3O2. The lowest BCUT2D eigenvalue weighted by Gasteiger charge is -2.33. The minimum atomic E-state index is 0.581. The summed E-state index contributed by atoms with van der Waals surface area (Å²) in [7, 11) is 1.70. The van der Waals surface area contributed by atoms with Crippen LogP contribution >= 0.6 is 0 Å². The molecule has 1 saturated carbocycles. The van der Waals surface area contributed by atoms with Crippen LogP contribution in [0.4, 0.5) is 0 Å². The average Bonchev–Trinajstić information content (AvgIpc) is 2.97. The van der Waals surface area contributed by atoms with Crippen molar-refractivity contribution in [1.29, 1.82) is 0 Å². The minimum absolute atomic E-state index is 0.581. The first-order valence-corrected chi connectivity index (χ1v) is 9.40. The first-order chi connectivity index (χ1) is 11.3. The van der Waals surface area contributed by atoms with Crippen molar-refractivity contribution in [2.75, 3.05) is 53.1 Å². The number of nitrogens with zero attached hydrogens (tertiary/aromatic N) is 2. The van der Waals surface area contributed by atoms with E-state index in [1.807, 2.05) is 0 Å². The molecule has 1 saturated heterocycles. The van der Waals surface area contributed by atoms with Crippen LogP contribution in [0.2, 0.25) is 0 Å². The fraction of sp³-hybridized carbons (Fsp3) is 0.944. The van der Waals surface area contributed by atoms with Gasteiger partial charge in [0.2, 0.25) is 0 Å². The molecule has 0 unspecified atom stereocenters. The van der Waals surface area contributed by atoms with Crippen molar-refractivity contribution < 1.29 is 9.47 Å². The molecule has 1 N–H and O–H groups in total. The summed E-state index contributed by atoms with van der Waals surface area (Å²) in [5.41, 5.74) is 0.581. The maximum absolute atomic E-state index is 5.50. The molecule has 0 aromatic heterocycles. The number of aliphatic imine (C=N–C) groups is 1. The molecule has 0 radical (unpaired) electrons. The Hall–Kier alpha value is -0.810. The predicted molar refractivity (Wildman–Crippen MR) is 95.0 cm³/mol. The second-order valence-electron chi connectivity index (χ2n) is 6.93. The standard InChI is InChI=1S/C18H35N3O2/c1-3-19-17(20-11-7-13-23-15-14-22-2)21-12-10-18(16-21)8-5-4-6-9-18/h3-16H2,1-2H3,(H,19,20). The molecule has 5 nitrogen and oxygen atoms in total. The van der Waals surface area contributed by atoms with Crippen molar-refractivity contribution in [2.24, 2.45) is 10.4 Å². The SMILES string of the molecule is CCNC(=NCCCOCCOC)N1CCC2(CCCCC2)C1. The number of hydrogen-bond acceptors (Lipinski definition) is 3. The molecule has 1 heterocycles. The summed E-state index contributed by atoms with van der Waals surface area (Å²) in [6.45, 7) is 8.38. The van der Waals surface area contributed by atoms with E-state index in [2.05, 4.69) is 17.1 Å². The third-order valence-electron chi connectivity index (χ3n) is 5.13. The molecule has 0 amide bonds. The van der Waals surface area contributed by atoms with Crippen LogP contribution < -0.4 is 5.32 Å². The molecule has 2 rings (SSSR count). The Balaban J connectivity index is 1.75. The molecule has 1 aliphatic carbocycles. The van der Waals surface area contributed by atoms with Crippen LogP contribution in [-0.4, -0.2) is 64.0 Å². The molecule has 23 heavy (non-hydrogen) atoms. The lowest BCUT2D eigenvalue weighted by atomic mass is 9.73. The third kappa shape index (κ3) is 5.96. The number of likely N-dealkylation sites (tertiary alicyclic amines) is 1. The maximum Gasteiger partial charge on any atom is 0.193 e. The minimum Gasteiger partial charge on any atom is -0.382 e. The zero-order valence-corrected chi connectivity index (χ0v) is 15.1. The fourth-order valence-electron chi connectivity index (χ4n) is 3.85. The summed E-state index contributed by atoms with van der Waals surface area (Å²) in [5, 5.41) is 3.47. The fourth-order valence-corrected chi connectivity index (χ4v) is 3.85. The Morgan fingerprint density at radius 2 is 1.96 bits per heavy atom. The zero-order valence-electron chi connectivity index (χ0n) is 15.1. The monoisotopic (exact) mass is 325 g/mol. The quantitative estimate of drug-likeness (QED) is 0.423. The Morgan fingerprint density at radius 1 is 1.13 bits per heavy atom. The summed E-state index contributed by atoms with van der Waals surface area (Å²) in [6, 6.07) is 0. The van der Waals surface area contributed by atoms with Crippen molar-refractivity contribution >= 4 is 5.96 Å². The number of rotatable bonds is 8. The number of nitrogens with one attached hydrogen (secondary N) is 1. The molecule has 1 aliphatic heterocycles. The highest BCUT2D eigenvalue weighted by molar-refractivity contribution is 5.80. The van der Waals surface area contributed by atoms with Crippen molar-refractivity contribution in [3.05, 3.63) is 0 Å². The van der Waals surface area contributed by atoms with Crippen molar-refractivity contribution in [3.63, 3.8) is 0 Å². The van der Waals surface area contributed by atoms with E-state index >= 15 is 0 Å². The van der Waals surface area contributed by atoms with Crippen LogP contribution in [0, 0.1) is 5.41 Å². The van der Waals surface area contributed by atoms with E-state index < -0.39 is 0 Å². The molecule has 2 aliphatic rings. The molecular weight excluding hydrogens is 290 g/mol. The van der Waals surface area contributed by atoms with Gasteiger partial charge in [0, 0.05) is 39.9 Å². The number of guanidine groups is 1. The lowest BCUT2D eigenvalue weighted by molar-refractivity contribution is 0.0702. The number of hydrogen-bond donors (Lipinski definition) is 1. The van der Waals surface area contributed by atoms with Gasteiger partial charge in [-0.15, -0.1) is 0 Å². The summed E-state index contributed by atoms with van der Waals surface area (Å²) in [6.07, 6.45) is 9.40. The summed E-state index contributed by atoms with van der Waals surface area (Å²) < 4.78 is 10.5. The van der Waals surface area contributed by atoms with Crippen LogP contribution in [0.15, 0.2) is 4.99 Å². The zero-order chi connectivity index (χ0) is 16.4. The highest BCUT2D eigenvalue weighted by Crippen LogP contribution is 2.43. The van der Waals surface area contributed by atoms with Gasteiger partial charge in [-0.25, -0.2) is 0 Å². The summed E-state index contributed by atoms with van der Waals surface area (Å²) in [5.74, 6) is 1.10. The normalized spacial score (nSPS) is 21.1. The molecule has 0 aromatic carbocycles. The van der Waals surface area contributed by atoms with E-state index in [-0.39, 0.29) is 0 Å². The van der Waals surface area contributed by atoms with Gasteiger partial charge >= 0.3 is 0 Å². The van der Waals surface area contributed by atoms with Gasteiger partial charge in [-0.2, -0.15) is 0 Å². The van der Waals surface area contributed by atoms with Crippen molar-refractivity contribution in [2.45, 2.75) is 51.9 Å². The van der Waals surface area contributed by atoms with Crippen molar-refractivity contribution in [1.82, 2.24) is 10.2 Å². The van der Waals surface area contributed by atoms with Crippen LogP contribution in [0.3, 0.4) is 0 Å². The van der Waals surface area contributed by atoms with Gasteiger partial charge in [-0.3, -0.25) is 4.99 Å². The van der Waals surface area contributed by atoms with E-state index in [9.17, 15) is 0 Å². The lowest BCUT2D eigenvalue weighted by Crippen LogP contribution is -2.41. The highest BCUT2D eigenvalue weighted by atomic mass is 16.5. The van der Waals surface area contributed by atoms with Crippen LogP contribution in [0.5, 0.6) is 0 Å². The van der Waals surface area contributed by atoms with E-state index in [1.54, 1.807) is 7.11 Å². The third-order valence-corrected chi connectivity index (χ3v) is 5.13.